The third-order valence-electron chi connectivity index (χ3n) is 3.23. The molecule has 0 radical (unpaired) electrons. The average molecular weight is 238 g/mol. The molecular weight excluding hydrogens is 219 g/mol. The van der Waals surface area contributed by atoms with E-state index in [4.69, 9.17) is 5.11 Å². The summed E-state index contributed by atoms with van der Waals surface area (Å²) in [6.07, 6.45) is 1.15. The molecule has 0 spiro atoms. The lowest BCUT2D eigenvalue weighted by atomic mass is 10.2. The first-order valence-corrected chi connectivity index (χ1v) is 6.03. The van der Waals surface area contributed by atoms with Crippen LogP contribution in [0.2, 0.25) is 0 Å². The van der Waals surface area contributed by atoms with Gasteiger partial charge in [0.15, 0.2) is 11.6 Å². The Bertz CT molecular complexity index is 384. The first-order valence-electron chi connectivity index (χ1n) is 6.03. The third kappa shape index (κ3) is 3.41. The van der Waals surface area contributed by atoms with Crippen LogP contribution in [-0.4, -0.2) is 48.1 Å². The van der Waals surface area contributed by atoms with E-state index in [0.717, 1.165) is 44.7 Å². The fourth-order valence-corrected chi connectivity index (χ4v) is 2.17. The predicted octanol–water partition coefficient (Wildman–Crippen LogP) is 1.67. The summed E-state index contributed by atoms with van der Waals surface area (Å²) >= 11 is 0. The molecule has 2 rings (SSSR count). The molecule has 0 amide bonds. The number of hydrogen-bond acceptors (Lipinski definition) is 3. The summed E-state index contributed by atoms with van der Waals surface area (Å²) in [7, 11) is 2.13. The van der Waals surface area contributed by atoms with Gasteiger partial charge >= 0.3 is 0 Å². The molecule has 17 heavy (non-hydrogen) atoms. The molecule has 0 atom stereocenters. The summed E-state index contributed by atoms with van der Waals surface area (Å²) < 4.78 is 13.2. The van der Waals surface area contributed by atoms with Crippen molar-refractivity contribution in [1.82, 2.24) is 9.80 Å². The molecule has 1 aromatic rings. The molecule has 94 valence electrons. The Labute approximate surface area is 101 Å². The van der Waals surface area contributed by atoms with Crippen LogP contribution in [0.5, 0.6) is 5.75 Å². The minimum Gasteiger partial charge on any atom is -0.505 e. The van der Waals surface area contributed by atoms with Gasteiger partial charge in [-0.1, -0.05) is 6.07 Å². The highest BCUT2D eigenvalue weighted by Gasteiger charge is 2.12. The van der Waals surface area contributed by atoms with Gasteiger partial charge in [-0.15, -0.1) is 0 Å². The van der Waals surface area contributed by atoms with Crippen LogP contribution in [0.3, 0.4) is 0 Å². The lowest BCUT2D eigenvalue weighted by Gasteiger charge is -2.20. The van der Waals surface area contributed by atoms with Crippen molar-refractivity contribution in [3.05, 3.63) is 29.6 Å². The fraction of sp³-hybridized carbons (Fsp3) is 0.538. The normalized spacial score (nSPS) is 19.2. The van der Waals surface area contributed by atoms with E-state index in [9.17, 15) is 4.39 Å². The Morgan fingerprint density at radius 1 is 1.24 bits per heavy atom. The van der Waals surface area contributed by atoms with E-state index in [1.54, 1.807) is 6.07 Å². The van der Waals surface area contributed by atoms with Gasteiger partial charge in [0.1, 0.15) is 0 Å². The number of likely N-dealkylation sites (N-methyl/N-ethyl adjacent to an activating group) is 1. The molecule has 0 saturated carbocycles. The Balaban J connectivity index is 1.97. The van der Waals surface area contributed by atoms with Gasteiger partial charge in [0.05, 0.1) is 0 Å². The van der Waals surface area contributed by atoms with Crippen LogP contribution >= 0.6 is 0 Å². The van der Waals surface area contributed by atoms with Gasteiger partial charge in [0.2, 0.25) is 0 Å². The molecule has 1 heterocycles. The van der Waals surface area contributed by atoms with Crippen LogP contribution in [0, 0.1) is 5.82 Å². The van der Waals surface area contributed by atoms with Crippen LogP contribution < -0.4 is 0 Å². The molecule has 0 aromatic heterocycles. The highest BCUT2D eigenvalue weighted by molar-refractivity contribution is 5.27. The third-order valence-corrected chi connectivity index (χ3v) is 3.23. The van der Waals surface area contributed by atoms with Crippen molar-refractivity contribution in [2.75, 3.05) is 33.2 Å². The first kappa shape index (κ1) is 12.3. The van der Waals surface area contributed by atoms with Gasteiger partial charge in [-0.2, -0.15) is 0 Å². The number of phenolic OH excluding ortho intramolecular Hbond substituents is 1. The number of nitrogens with zero attached hydrogens (tertiary/aromatic N) is 2. The smallest absolute Gasteiger partial charge is 0.165 e. The van der Waals surface area contributed by atoms with E-state index in [0.29, 0.717) is 0 Å². The highest BCUT2D eigenvalue weighted by atomic mass is 19.1. The van der Waals surface area contributed by atoms with Gasteiger partial charge in [-0.3, -0.25) is 4.90 Å². The van der Waals surface area contributed by atoms with Crippen molar-refractivity contribution in [2.45, 2.75) is 13.0 Å². The summed E-state index contributed by atoms with van der Waals surface area (Å²) in [4.78, 5) is 4.65. The molecule has 1 N–H and O–H groups in total. The maximum atomic E-state index is 13.2. The van der Waals surface area contributed by atoms with Crippen LogP contribution in [-0.2, 0) is 6.54 Å². The second-order valence-electron chi connectivity index (χ2n) is 4.72. The van der Waals surface area contributed by atoms with Crippen molar-refractivity contribution >= 4 is 0 Å². The SMILES string of the molecule is CN1CCCN(Cc2ccc(O)c(F)c2)CC1. The van der Waals surface area contributed by atoms with E-state index in [-0.39, 0.29) is 5.75 Å². The zero-order valence-electron chi connectivity index (χ0n) is 10.2. The van der Waals surface area contributed by atoms with E-state index < -0.39 is 5.82 Å². The Hall–Kier alpha value is -1.13. The standard InChI is InChI=1S/C13H19FN2O/c1-15-5-2-6-16(8-7-15)10-11-3-4-13(17)12(14)9-11/h3-4,9,17H,2,5-8,10H2,1H3. The second-order valence-corrected chi connectivity index (χ2v) is 4.72. The fourth-order valence-electron chi connectivity index (χ4n) is 2.17. The first-order chi connectivity index (χ1) is 8.15. The number of rotatable bonds is 2. The van der Waals surface area contributed by atoms with Crippen LogP contribution in [0.25, 0.3) is 0 Å². The van der Waals surface area contributed by atoms with Crippen LogP contribution in [0.15, 0.2) is 18.2 Å². The Morgan fingerprint density at radius 2 is 2.06 bits per heavy atom. The second kappa shape index (κ2) is 5.47. The summed E-state index contributed by atoms with van der Waals surface area (Å²) in [5.41, 5.74) is 0.921. The zero-order valence-corrected chi connectivity index (χ0v) is 10.2. The lowest BCUT2D eigenvalue weighted by Crippen LogP contribution is -2.28. The summed E-state index contributed by atoms with van der Waals surface area (Å²) in [6, 6.07) is 4.63. The maximum absolute atomic E-state index is 13.2. The van der Waals surface area contributed by atoms with Gasteiger partial charge in [0.25, 0.3) is 0 Å². The summed E-state index contributed by atoms with van der Waals surface area (Å²) in [6.45, 7) is 5.00. The Morgan fingerprint density at radius 3 is 2.82 bits per heavy atom. The molecule has 3 nitrogen and oxygen atoms in total. The predicted molar refractivity (Wildman–Crippen MR) is 65.5 cm³/mol. The quantitative estimate of drug-likeness (QED) is 0.849. The van der Waals surface area contributed by atoms with Gasteiger partial charge in [-0.25, -0.2) is 4.39 Å². The van der Waals surface area contributed by atoms with E-state index in [1.165, 1.54) is 12.1 Å². The number of hydrogen-bond donors (Lipinski definition) is 1. The maximum Gasteiger partial charge on any atom is 0.165 e. The minimum atomic E-state index is -0.533. The zero-order chi connectivity index (χ0) is 12.3. The topological polar surface area (TPSA) is 26.7 Å². The van der Waals surface area contributed by atoms with Crippen LogP contribution in [0.4, 0.5) is 4.39 Å². The largest absolute Gasteiger partial charge is 0.505 e. The minimum absolute atomic E-state index is 0.274. The number of aromatic hydroxyl groups is 1. The van der Waals surface area contributed by atoms with Crippen molar-refractivity contribution < 1.29 is 9.50 Å². The molecule has 4 heteroatoms. The van der Waals surface area contributed by atoms with Crippen molar-refractivity contribution in [3.63, 3.8) is 0 Å². The van der Waals surface area contributed by atoms with Crippen molar-refractivity contribution in [3.8, 4) is 5.75 Å². The Kier molecular flexibility index (Phi) is 3.97. The number of halogens is 1. The van der Waals surface area contributed by atoms with Gasteiger partial charge in [0, 0.05) is 19.6 Å². The molecule has 1 saturated heterocycles. The summed E-state index contributed by atoms with van der Waals surface area (Å²) in [5, 5.41) is 9.13. The van der Waals surface area contributed by atoms with Gasteiger partial charge in [-0.05, 0) is 44.3 Å². The monoisotopic (exact) mass is 238 g/mol. The molecule has 0 aliphatic carbocycles. The van der Waals surface area contributed by atoms with E-state index in [2.05, 4.69) is 16.8 Å². The summed E-state index contributed by atoms with van der Waals surface area (Å²) in [5.74, 6) is -0.807. The van der Waals surface area contributed by atoms with E-state index in [1.807, 2.05) is 0 Å². The highest BCUT2D eigenvalue weighted by Crippen LogP contribution is 2.17. The molecule has 1 aliphatic rings. The molecular formula is C13H19FN2O. The van der Waals surface area contributed by atoms with Gasteiger partial charge < -0.3 is 10.0 Å². The van der Waals surface area contributed by atoms with Crippen molar-refractivity contribution in [1.29, 1.82) is 0 Å². The average Bonchev–Trinajstić information content (AvgIpc) is 2.49. The molecule has 0 unspecified atom stereocenters. The van der Waals surface area contributed by atoms with E-state index >= 15 is 0 Å². The molecule has 1 aliphatic heterocycles. The lowest BCUT2D eigenvalue weighted by molar-refractivity contribution is 0.269. The van der Waals surface area contributed by atoms with Crippen LogP contribution in [0.1, 0.15) is 12.0 Å². The number of benzene rings is 1. The number of phenols is 1. The molecule has 1 aromatic carbocycles. The van der Waals surface area contributed by atoms with Crippen molar-refractivity contribution in [2.24, 2.45) is 0 Å². The molecule has 1 fully saturated rings. The molecule has 0 bridgehead atoms.